The largest absolute Gasteiger partial charge is 0.318 e. The highest BCUT2D eigenvalue weighted by Gasteiger charge is 1.97. The topological polar surface area (TPSA) is 15.3 Å². The van der Waals surface area contributed by atoms with Crippen LogP contribution < -0.4 is 5.32 Å². The summed E-state index contributed by atoms with van der Waals surface area (Å²) in [6.45, 7) is 21.7. The number of nitrogens with zero attached hydrogens (tertiary/aromatic N) is 1. The summed E-state index contributed by atoms with van der Waals surface area (Å²) in [6, 6.07) is 0. The van der Waals surface area contributed by atoms with E-state index in [1.807, 2.05) is 20.9 Å². The van der Waals surface area contributed by atoms with E-state index in [4.69, 9.17) is 0 Å². The standard InChI is InChI=1S/C8H20N2.C4H10.C3H8.C2H6/c1-4-7-10(5-2)8-6-9-3;1-3-4-2;1-3-2;1-2/h9H,4-8H2,1-3H3;3-4H2,1-2H3;3H2,1-2H3;1-2H3. The Kier molecular flexibility index (Phi) is 51.9. The lowest BCUT2D eigenvalue weighted by molar-refractivity contribution is 0.290. The van der Waals surface area contributed by atoms with Crippen LogP contribution in [0.5, 0.6) is 0 Å². The fraction of sp³-hybridized carbons (Fsp3) is 1.00. The molecule has 0 aliphatic heterocycles. The molecule has 0 radical (unpaired) electrons. The molecule has 0 spiro atoms. The van der Waals surface area contributed by atoms with E-state index in [2.05, 4.69) is 51.8 Å². The first-order valence-corrected chi connectivity index (χ1v) is 8.54. The van der Waals surface area contributed by atoms with Gasteiger partial charge in [-0.2, -0.15) is 0 Å². The van der Waals surface area contributed by atoms with Gasteiger partial charge in [0.1, 0.15) is 0 Å². The van der Waals surface area contributed by atoms with Gasteiger partial charge in [-0.1, -0.05) is 74.7 Å². The lowest BCUT2D eigenvalue weighted by atomic mass is 10.4. The van der Waals surface area contributed by atoms with Gasteiger partial charge >= 0.3 is 0 Å². The first kappa shape index (κ1) is 27.3. The maximum absolute atomic E-state index is 3.15. The monoisotopic (exact) mass is 276 g/mol. The van der Waals surface area contributed by atoms with Crippen LogP contribution >= 0.6 is 0 Å². The number of unbranched alkanes of at least 4 members (excludes halogenated alkanes) is 1. The predicted molar refractivity (Wildman–Crippen MR) is 94.2 cm³/mol. The molecule has 0 fully saturated rings. The van der Waals surface area contributed by atoms with Gasteiger partial charge in [-0.15, -0.1) is 0 Å². The van der Waals surface area contributed by atoms with Gasteiger partial charge in [0.25, 0.3) is 0 Å². The molecule has 0 saturated heterocycles. The average molecular weight is 277 g/mol. The number of likely N-dealkylation sites (N-methyl/N-ethyl adjacent to an activating group) is 2. The summed E-state index contributed by atoms with van der Waals surface area (Å²) in [5.41, 5.74) is 0. The zero-order chi connectivity index (χ0) is 15.9. The Hall–Kier alpha value is -0.0800. The number of hydrogen-bond donors (Lipinski definition) is 1. The van der Waals surface area contributed by atoms with E-state index in [0.717, 1.165) is 6.54 Å². The molecule has 0 heterocycles. The summed E-state index contributed by atoms with van der Waals surface area (Å²) >= 11 is 0. The minimum atomic E-state index is 1.10. The SMILES string of the molecule is CC.CCC.CCCC.CCCN(CC)CCNC. The second-order valence-electron chi connectivity index (χ2n) is 4.24. The lowest BCUT2D eigenvalue weighted by Gasteiger charge is -2.18. The Morgan fingerprint density at radius 3 is 1.37 bits per heavy atom. The van der Waals surface area contributed by atoms with Crippen LogP contribution in [-0.4, -0.2) is 38.1 Å². The van der Waals surface area contributed by atoms with Crippen LogP contribution in [0.2, 0.25) is 0 Å². The summed E-state index contributed by atoms with van der Waals surface area (Å²) in [7, 11) is 2.00. The van der Waals surface area contributed by atoms with E-state index in [1.165, 1.54) is 45.3 Å². The number of rotatable bonds is 7. The third-order valence-electron chi connectivity index (χ3n) is 2.17. The molecule has 0 saturated carbocycles. The van der Waals surface area contributed by atoms with E-state index in [9.17, 15) is 0 Å². The molecule has 0 bridgehead atoms. The number of hydrogen-bond acceptors (Lipinski definition) is 2. The second-order valence-corrected chi connectivity index (χ2v) is 4.24. The normalized spacial score (nSPS) is 8.53. The summed E-state index contributed by atoms with van der Waals surface area (Å²) in [5.74, 6) is 0. The van der Waals surface area contributed by atoms with Gasteiger partial charge in [0, 0.05) is 13.1 Å². The van der Waals surface area contributed by atoms with Crippen LogP contribution in [-0.2, 0) is 0 Å². The Balaban J connectivity index is -0.000000104. The fourth-order valence-corrected chi connectivity index (χ4v) is 1.01. The third-order valence-corrected chi connectivity index (χ3v) is 2.17. The molecule has 19 heavy (non-hydrogen) atoms. The molecule has 2 heteroatoms. The van der Waals surface area contributed by atoms with E-state index in [0.29, 0.717) is 0 Å². The van der Waals surface area contributed by atoms with Crippen LogP contribution in [0.3, 0.4) is 0 Å². The molecule has 0 unspecified atom stereocenters. The third kappa shape index (κ3) is 46.2. The van der Waals surface area contributed by atoms with Gasteiger partial charge in [0.15, 0.2) is 0 Å². The van der Waals surface area contributed by atoms with Crippen LogP contribution in [0.1, 0.15) is 81.1 Å². The van der Waals surface area contributed by atoms with Crippen molar-refractivity contribution in [1.29, 1.82) is 0 Å². The summed E-state index contributed by atoms with van der Waals surface area (Å²) in [4.78, 5) is 2.45. The highest BCUT2D eigenvalue weighted by atomic mass is 15.1. The van der Waals surface area contributed by atoms with E-state index in [-0.39, 0.29) is 0 Å². The average Bonchev–Trinajstić information content (AvgIpc) is 2.46. The van der Waals surface area contributed by atoms with Crippen molar-refractivity contribution in [3.8, 4) is 0 Å². The van der Waals surface area contributed by atoms with Crippen LogP contribution in [0.25, 0.3) is 0 Å². The van der Waals surface area contributed by atoms with Crippen molar-refractivity contribution in [2.45, 2.75) is 81.1 Å². The maximum Gasteiger partial charge on any atom is 0.0107 e. The molecule has 2 nitrogen and oxygen atoms in total. The molecule has 0 rings (SSSR count). The van der Waals surface area contributed by atoms with Gasteiger partial charge in [0.2, 0.25) is 0 Å². The molecule has 0 amide bonds. The maximum atomic E-state index is 3.15. The molecule has 0 aliphatic rings. The van der Waals surface area contributed by atoms with E-state index < -0.39 is 0 Å². The van der Waals surface area contributed by atoms with Crippen molar-refractivity contribution >= 4 is 0 Å². The van der Waals surface area contributed by atoms with Gasteiger partial charge in [0.05, 0.1) is 0 Å². The van der Waals surface area contributed by atoms with Gasteiger partial charge < -0.3 is 10.2 Å². The first-order valence-electron chi connectivity index (χ1n) is 8.54. The van der Waals surface area contributed by atoms with Crippen molar-refractivity contribution in [1.82, 2.24) is 10.2 Å². The van der Waals surface area contributed by atoms with Gasteiger partial charge in [-0.25, -0.2) is 0 Å². The Bertz CT molecular complexity index is 93.3. The van der Waals surface area contributed by atoms with Crippen molar-refractivity contribution < 1.29 is 0 Å². The Labute approximate surface area is 125 Å². The summed E-state index contributed by atoms with van der Waals surface area (Å²) < 4.78 is 0. The molecule has 0 atom stereocenters. The number of nitrogens with one attached hydrogen (secondary N) is 1. The smallest absolute Gasteiger partial charge is 0.0107 e. The quantitative estimate of drug-likeness (QED) is 0.688. The molecular weight excluding hydrogens is 232 g/mol. The van der Waals surface area contributed by atoms with Crippen LogP contribution in [0.15, 0.2) is 0 Å². The van der Waals surface area contributed by atoms with Gasteiger partial charge in [-0.3, -0.25) is 0 Å². The van der Waals surface area contributed by atoms with E-state index >= 15 is 0 Å². The summed E-state index contributed by atoms with van der Waals surface area (Å²) in [5, 5.41) is 3.15. The van der Waals surface area contributed by atoms with Crippen molar-refractivity contribution in [2.24, 2.45) is 0 Å². The van der Waals surface area contributed by atoms with Crippen molar-refractivity contribution in [3.63, 3.8) is 0 Å². The minimum Gasteiger partial charge on any atom is -0.318 e. The van der Waals surface area contributed by atoms with E-state index in [1.54, 1.807) is 0 Å². The molecule has 122 valence electrons. The molecular formula is C17H44N2. The molecule has 0 aromatic rings. The first-order chi connectivity index (χ1) is 9.17. The lowest BCUT2D eigenvalue weighted by Crippen LogP contribution is -2.31. The molecule has 0 aromatic heterocycles. The minimum absolute atomic E-state index is 1.10. The molecule has 0 aliphatic carbocycles. The van der Waals surface area contributed by atoms with Crippen molar-refractivity contribution in [3.05, 3.63) is 0 Å². The van der Waals surface area contributed by atoms with Crippen LogP contribution in [0.4, 0.5) is 0 Å². The Morgan fingerprint density at radius 2 is 1.16 bits per heavy atom. The fourth-order valence-electron chi connectivity index (χ4n) is 1.01. The molecule has 1 N–H and O–H groups in total. The Morgan fingerprint density at radius 1 is 0.737 bits per heavy atom. The zero-order valence-corrected chi connectivity index (χ0v) is 15.6. The van der Waals surface area contributed by atoms with Crippen molar-refractivity contribution in [2.75, 3.05) is 33.2 Å². The van der Waals surface area contributed by atoms with Gasteiger partial charge in [-0.05, 0) is 26.6 Å². The zero-order valence-electron chi connectivity index (χ0n) is 15.6. The molecule has 0 aromatic carbocycles. The highest BCUT2D eigenvalue weighted by molar-refractivity contribution is 4.54. The second kappa shape index (κ2) is 36.1. The summed E-state index contributed by atoms with van der Waals surface area (Å²) in [6.07, 6.45) is 5.15. The van der Waals surface area contributed by atoms with Crippen LogP contribution in [0, 0.1) is 0 Å². The highest BCUT2D eigenvalue weighted by Crippen LogP contribution is 1.88. The predicted octanol–water partition coefficient (Wildman–Crippen LogP) is 5.19.